The lowest BCUT2D eigenvalue weighted by Gasteiger charge is -2.07. The van der Waals surface area contributed by atoms with Gasteiger partial charge in [0.2, 0.25) is 0 Å². The molecule has 0 aliphatic carbocycles. The van der Waals surface area contributed by atoms with Crippen molar-refractivity contribution in [3.05, 3.63) is 71.4 Å². The number of para-hydroxylation sites is 1. The quantitative estimate of drug-likeness (QED) is 0.574. The highest BCUT2D eigenvalue weighted by Gasteiger charge is 2.11. The average Bonchev–Trinajstić information content (AvgIpc) is 2.59. The maximum Gasteiger partial charge on any atom is 0.272 e. The number of phenolic OH excluding ortho intramolecular Hbond substituents is 1. The highest BCUT2D eigenvalue weighted by molar-refractivity contribution is 6.07. The molecule has 0 aliphatic heterocycles. The summed E-state index contributed by atoms with van der Waals surface area (Å²) in [5.74, 6) is -0.0934. The molecule has 0 saturated heterocycles. The van der Waals surface area contributed by atoms with Crippen molar-refractivity contribution < 1.29 is 9.90 Å². The topological polar surface area (TPSA) is 74.6 Å². The number of benzene rings is 2. The summed E-state index contributed by atoms with van der Waals surface area (Å²) in [6.45, 7) is 3.65. The number of nitrogens with zero attached hydrogens (tertiary/aromatic N) is 2. The van der Waals surface area contributed by atoms with Gasteiger partial charge in [-0.15, -0.1) is 0 Å². The number of phenols is 1. The van der Waals surface area contributed by atoms with Crippen LogP contribution < -0.4 is 5.43 Å². The van der Waals surface area contributed by atoms with Crippen molar-refractivity contribution in [2.75, 3.05) is 0 Å². The van der Waals surface area contributed by atoms with Gasteiger partial charge in [0.1, 0.15) is 5.75 Å². The number of hydrogen-bond acceptors (Lipinski definition) is 4. The number of rotatable bonds is 3. The van der Waals surface area contributed by atoms with Gasteiger partial charge in [-0.05, 0) is 55.8 Å². The molecule has 5 nitrogen and oxygen atoms in total. The molecule has 1 amide bonds. The minimum absolute atomic E-state index is 0.189. The van der Waals surface area contributed by atoms with Gasteiger partial charge in [-0.3, -0.25) is 9.78 Å². The van der Waals surface area contributed by atoms with E-state index in [4.69, 9.17) is 0 Å². The van der Waals surface area contributed by atoms with Gasteiger partial charge >= 0.3 is 0 Å². The van der Waals surface area contributed by atoms with E-state index in [2.05, 4.69) is 15.5 Å². The van der Waals surface area contributed by atoms with Gasteiger partial charge in [0, 0.05) is 11.1 Å². The predicted octanol–water partition coefficient (Wildman–Crippen LogP) is 3.40. The molecular formula is C19H17N3O2. The number of pyridine rings is 1. The molecule has 3 rings (SSSR count). The van der Waals surface area contributed by atoms with E-state index in [1.54, 1.807) is 37.3 Å². The lowest BCUT2D eigenvalue weighted by atomic mass is 10.1. The molecule has 1 heterocycles. The van der Waals surface area contributed by atoms with Gasteiger partial charge in [-0.1, -0.05) is 18.2 Å². The zero-order chi connectivity index (χ0) is 17.1. The third-order valence-corrected chi connectivity index (χ3v) is 3.70. The summed E-state index contributed by atoms with van der Waals surface area (Å²) < 4.78 is 0. The number of aromatic nitrogens is 1. The van der Waals surface area contributed by atoms with E-state index < -0.39 is 0 Å². The van der Waals surface area contributed by atoms with Crippen molar-refractivity contribution in [3.63, 3.8) is 0 Å². The molecule has 120 valence electrons. The van der Waals surface area contributed by atoms with Crippen LogP contribution in [-0.4, -0.2) is 21.7 Å². The highest BCUT2D eigenvalue weighted by Crippen LogP contribution is 2.18. The molecule has 2 N–H and O–H groups in total. The van der Waals surface area contributed by atoms with Crippen LogP contribution in [-0.2, 0) is 0 Å². The van der Waals surface area contributed by atoms with Crippen LogP contribution in [0.2, 0.25) is 0 Å². The van der Waals surface area contributed by atoms with Gasteiger partial charge in [-0.25, -0.2) is 5.43 Å². The van der Waals surface area contributed by atoms with Crippen LogP contribution in [0, 0.1) is 6.92 Å². The van der Waals surface area contributed by atoms with Crippen LogP contribution in [0.25, 0.3) is 10.9 Å². The predicted molar refractivity (Wildman–Crippen MR) is 94.3 cm³/mol. The molecular weight excluding hydrogens is 302 g/mol. The average molecular weight is 319 g/mol. The monoisotopic (exact) mass is 319 g/mol. The molecule has 2 aromatic carbocycles. The summed E-state index contributed by atoms with van der Waals surface area (Å²) in [6.07, 6.45) is 0. The fourth-order valence-corrected chi connectivity index (χ4v) is 2.46. The zero-order valence-corrected chi connectivity index (χ0v) is 13.4. The van der Waals surface area contributed by atoms with Crippen molar-refractivity contribution in [3.8, 4) is 5.75 Å². The summed E-state index contributed by atoms with van der Waals surface area (Å²) in [4.78, 5) is 16.9. The number of hydrazone groups is 1. The van der Waals surface area contributed by atoms with Crippen LogP contribution in [0.3, 0.4) is 0 Å². The molecule has 0 saturated carbocycles. The molecule has 1 aromatic heterocycles. The normalized spacial score (nSPS) is 11.5. The summed E-state index contributed by atoms with van der Waals surface area (Å²) in [5, 5.41) is 14.3. The minimum atomic E-state index is -0.283. The van der Waals surface area contributed by atoms with Crippen molar-refractivity contribution >= 4 is 22.5 Å². The Bertz CT molecular complexity index is 931. The fourth-order valence-electron chi connectivity index (χ4n) is 2.46. The van der Waals surface area contributed by atoms with E-state index in [0.717, 1.165) is 22.2 Å². The standard InChI is InChI=1S/C19H17N3O2/c1-12-11-17(16-5-3-4-6-18(16)20-12)19(24)22-21-13(2)14-7-9-15(23)10-8-14/h3-11,23H,1-2H3,(H,22,24)/b21-13-. The molecule has 0 atom stereocenters. The maximum atomic E-state index is 12.5. The van der Waals surface area contributed by atoms with E-state index in [1.807, 2.05) is 31.2 Å². The summed E-state index contributed by atoms with van der Waals surface area (Å²) in [5.41, 5.74) is 6.16. The second-order valence-electron chi connectivity index (χ2n) is 5.51. The van der Waals surface area contributed by atoms with E-state index in [-0.39, 0.29) is 11.7 Å². The molecule has 5 heteroatoms. The first-order valence-corrected chi connectivity index (χ1v) is 7.55. The van der Waals surface area contributed by atoms with E-state index in [1.165, 1.54) is 0 Å². The van der Waals surface area contributed by atoms with Gasteiger partial charge in [0.15, 0.2) is 0 Å². The Morgan fingerprint density at radius 1 is 1.12 bits per heavy atom. The lowest BCUT2D eigenvalue weighted by molar-refractivity contribution is 0.0956. The Balaban J connectivity index is 1.87. The van der Waals surface area contributed by atoms with E-state index in [0.29, 0.717) is 11.3 Å². The number of aryl methyl sites for hydroxylation is 1. The van der Waals surface area contributed by atoms with E-state index in [9.17, 15) is 9.90 Å². The molecule has 3 aromatic rings. The molecule has 0 bridgehead atoms. The molecule has 0 radical (unpaired) electrons. The smallest absolute Gasteiger partial charge is 0.272 e. The lowest BCUT2D eigenvalue weighted by Crippen LogP contribution is -2.20. The third-order valence-electron chi connectivity index (χ3n) is 3.70. The molecule has 0 aliphatic rings. The number of amides is 1. The minimum Gasteiger partial charge on any atom is -0.508 e. The number of aromatic hydroxyl groups is 1. The number of fused-ring (bicyclic) bond motifs is 1. The Hall–Kier alpha value is -3.21. The first-order valence-electron chi connectivity index (χ1n) is 7.55. The maximum absolute atomic E-state index is 12.5. The van der Waals surface area contributed by atoms with Crippen LogP contribution in [0.15, 0.2) is 59.7 Å². The summed E-state index contributed by atoms with van der Waals surface area (Å²) in [7, 11) is 0. The molecule has 24 heavy (non-hydrogen) atoms. The first-order chi connectivity index (χ1) is 11.5. The Labute approximate surface area is 139 Å². The van der Waals surface area contributed by atoms with Gasteiger partial charge in [-0.2, -0.15) is 5.10 Å². The van der Waals surface area contributed by atoms with E-state index >= 15 is 0 Å². The molecule has 0 spiro atoms. The largest absolute Gasteiger partial charge is 0.508 e. The highest BCUT2D eigenvalue weighted by atomic mass is 16.3. The first kappa shape index (κ1) is 15.7. The summed E-state index contributed by atoms with van der Waals surface area (Å²) in [6, 6.07) is 15.9. The Morgan fingerprint density at radius 2 is 1.83 bits per heavy atom. The Kier molecular flexibility index (Phi) is 4.24. The second-order valence-corrected chi connectivity index (χ2v) is 5.51. The van der Waals surface area contributed by atoms with Crippen molar-refractivity contribution in [2.24, 2.45) is 5.10 Å². The number of hydrogen-bond donors (Lipinski definition) is 2. The van der Waals surface area contributed by atoms with Gasteiger partial charge in [0.25, 0.3) is 5.91 Å². The molecule has 0 unspecified atom stereocenters. The number of nitrogens with one attached hydrogen (secondary N) is 1. The van der Waals surface area contributed by atoms with Gasteiger partial charge < -0.3 is 5.11 Å². The van der Waals surface area contributed by atoms with Crippen LogP contribution in [0.5, 0.6) is 5.75 Å². The Morgan fingerprint density at radius 3 is 2.58 bits per heavy atom. The van der Waals surface area contributed by atoms with Gasteiger partial charge in [0.05, 0.1) is 16.8 Å². The second kappa shape index (κ2) is 6.50. The SMILES string of the molecule is C/C(=N/NC(=O)c1cc(C)nc2ccccc12)c1ccc(O)cc1. The van der Waals surface area contributed by atoms with Crippen LogP contribution in [0.4, 0.5) is 0 Å². The van der Waals surface area contributed by atoms with Crippen molar-refractivity contribution in [1.29, 1.82) is 0 Å². The third kappa shape index (κ3) is 3.25. The number of carbonyl (C=O) groups is 1. The van der Waals surface area contributed by atoms with Crippen LogP contribution >= 0.6 is 0 Å². The van der Waals surface area contributed by atoms with Crippen LogP contribution in [0.1, 0.15) is 28.5 Å². The zero-order valence-electron chi connectivity index (χ0n) is 13.4. The number of carbonyl (C=O) groups excluding carboxylic acids is 1. The van der Waals surface area contributed by atoms with Crippen molar-refractivity contribution in [2.45, 2.75) is 13.8 Å². The summed E-state index contributed by atoms with van der Waals surface area (Å²) >= 11 is 0. The molecule has 0 fully saturated rings. The fraction of sp³-hybridized carbons (Fsp3) is 0.105. The van der Waals surface area contributed by atoms with Crippen molar-refractivity contribution in [1.82, 2.24) is 10.4 Å².